The molecule has 2 N–H and O–H groups in total. The van der Waals surface area contributed by atoms with E-state index in [2.05, 4.69) is 10.5 Å². The van der Waals surface area contributed by atoms with E-state index in [1.165, 1.54) is 13.2 Å². The molecule has 2 rings (SSSR count). The number of aliphatic hydroxyl groups excluding tert-OH is 1. The fourth-order valence-electron chi connectivity index (χ4n) is 1.64. The number of methoxy groups -OCH3 is 1. The molecule has 0 aliphatic carbocycles. The van der Waals surface area contributed by atoms with Gasteiger partial charge in [0.05, 0.1) is 7.11 Å². The van der Waals surface area contributed by atoms with E-state index in [9.17, 15) is 14.7 Å². The molecule has 0 fully saturated rings. The van der Waals surface area contributed by atoms with Crippen LogP contribution in [0.25, 0.3) is 5.76 Å². The highest BCUT2D eigenvalue weighted by Crippen LogP contribution is 2.16. The molecule has 0 radical (unpaired) electrons. The summed E-state index contributed by atoms with van der Waals surface area (Å²) in [7, 11) is 1.52. The lowest BCUT2D eigenvalue weighted by atomic mass is 10.1. The summed E-state index contributed by atoms with van der Waals surface area (Å²) in [6.07, 6.45) is 0.837. The summed E-state index contributed by atoms with van der Waals surface area (Å²) in [4.78, 5) is 23.4. The van der Waals surface area contributed by atoms with Gasteiger partial charge in [-0.25, -0.2) is 0 Å². The van der Waals surface area contributed by atoms with Crippen LogP contribution in [-0.4, -0.2) is 29.1 Å². The summed E-state index contributed by atoms with van der Waals surface area (Å²) in [6.45, 7) is 1.65. The van der Waals surface area contributed by atoms with E-state index in [0.717, 1.165) is 6.08 Å². The zero-order valence-electron chi connectivity index (χ0n) is 12.0. The zero-order valence-corrected chi connectivity index (χ0v) is 12.0. The molecule has 0 bridgehead atoms. The smallest absolute Gasteiger partial charge is 0.297 e. The fraction of sp³-hybridized carbons (Fsp3) is 0.133. The zero-order chi connectivity index (χ0) is 16.1. The molecule has 0 spiro atoms. The third-order valence-corrected chi connectivity index (χ3v) is 2.75. The molecule has 0 saturated heterocycles. The van der Waals surface area contributed by atoms with Gasteiger partial charge in [-0.05, 0) is 31.2 Å². The number of aromatic nitrogens is 1. The second-order valence-electron chi connectivity index (χ2n) is 4.40. The van der Waals surface area contributed by atoms with Gasteiger partial charge in [0.25, 0.3) is 5.91 Å². The van der Waals surface area contributed by atoms with Gasteiger partial charge < -0.3 is 19.7 Å². The first kappa shape index (κ1) is 15.3. The van der Waals surface area contributed by atoms with Gasteiger partial charge >= 0.3 is 0 Å². The lowest BCUT2D eigenvalue weighted by Crippen LogP contribution is -2.21. The Hall–Kier alpha value is -3.09. The highest BCUT2D eigenvalue weighted by Gasteiger charge is 2.15. The van der Waals surface area contributed by atoms with Crippen molar-refractivity contribution in [3.63, 3.8) is 0 Å². The quantitative estimate of drug-likeness (QED) is 0.498. The number of ketones is 1. The summed E-state index contributed by atoms with van der Waals surface area (Å²) < 4.78 is 9.75. The summed E-state index contributed by atoms with van der Waals surface area (Å²) in [5.41, 5.74) is 0.388. The van der Waals surface area contributed by atoms with Gasteiger partial charge in [-0.3, -0.25) is 9.59 Å². The van der Waals surface area contributed by atoms with Crippen LogP contribution in [0.5, 0.6) is 5.75 Å². The topological polar surface area (TPSA) is 102 Å². The van der Waals surface area contributed by atoms with Gasteiger partial charge in [0.2, 0.25) is 5.78 Å². The van der Waals surface area contributed by atoms with Crippen molar-refractivity contribution in [2.24, 2.45) is 0 Å². The van der Waals surface area contributed by atoms with Crippen molar-refractivity contribution in [3.8, 4) is 5.75 Å². The number of hydrogen-bond donors (Lipinski definition) is 2. The van der Waals surface area contributed by atoms with Crippen LogP contribution >= 0.6 is 0 Å². The summed E-state index contributed by atoms with van der Waals surface area (Å²) >= 11 is 0. The predicted molar refractivity (Wildman–Crippen MR) is 78.5 cm³/mol. The number of nitrogens with one attached hydrogen (secondary N) is 1. The molecule has 1 heterocycles. The van der Waals surface area contributed by atoms with Gasteiger partial charge in [0.15, 0.2) is 5.82 Å². The van der Waals surface area contributed by atoms with E-state index in [-0.39, 0.29) is 11.6 Å². The van der Waals surface area contributed by atoms with Crippen LogP contribution < -0.4 is 10.1 Å². The Kier molecular flexibility index (Phi) is 4.57. The first-order chi connectivity index (χ1) is 10.5. The number of hydrogen-bond acceptors (Lipinski definition) is 6. The van der Waals surface area contributed by atoms with E-state index in [4.69, 9.17) is 9.26 Å². The maximum atomic E-state index is 11.7. The Labute approximate surface area is 126 Å². The molecule has 0 saturated carbocycles. The van der Waals surface area contributed by atoms with Gasteiger partial charge in [0.1, 0.15) is 17.3 Å². The SMILES string of the molecule is COc1ccc(/C(O)=C/C(=O)C(=O)Nc2cc(C)on2)cc1. The molecule has 0 atom stereocenters. The lowest BCUT2D eigenvalue weighted by molar-refractivity contribution is -0.132. The fourth-order valence-corrected chi connectivity index (χ4v) is 1.64. The average molecular weight is 302 g/mol. The Morgan fingerprint density at radius 1 is 1.32 bits per heavy atom. The molecule has 0 aliphatic heterocycles. The average Bonchev–Trinajstić information content (AvgIpc) is 2.92. The van der Waals surface area contributed by atoms with E-state index in [1.54, 1.807) is 31.2 Å². The van der Waals surface area contributed by atoms with Gasteiger partial charge in [-0.1, -0.05) is 5.16 Å². The number of aliphatic hydroxyl groups is 1. The van der Waals surface area contributed by atoms with Crippen molar-refractivity contribution in [3.05, 3.63) is 47.7 Å². The van der Waals surface area contributed by atoms with E-state index >= 15 is 0 Å². The van der Waals surface area contributed by atoms with Crippen molar-refractivity contribution in [1.29, 1.82) is 0 Å². The number of aryl methyl sites for hydroxylation is 1. The molecule has 114 valence electrons. The molecule has 1 amide bonds. The van der Waals surface area contributed by atoms with Crippen LogP contribution in [0.1, 0.15) is 11.3 Å². The second kappa shape index (κ2) is 6.57. The number of benzene rings is 1. The summed E-state index contributed by atoms with van der Waals surface area (Å²) in [5.74, 6) is -0.906. The highest BCUT2D eigenvalue weighted by molar-refractivity contribution is 6.45. The third kappa shape index (κ3) is 3.72. The van der Waals surface area contributed by atoms with Crippen LogP contribution in [0.4, 0.5) is 5.82 Å². The standard InChI is InChI=1S/C15H14N2O5/c1-9-7-14(17-22-9)16-15(20)13(19)8-12(18)10-3-5-11(21-2)6-4-10/h3-8,18H,1-2H3,(H,16,17,20)/b12-8-. The number of carbonyl (C=O) groups is 2. The number of carbonyl (C=O) groups excluding carboxylic acids is 2. The number of nitrogens with zero attached hydrogens (tertiary/aromatic N) is 1. The normalized spacial score (nSPS) is 11.1. The Bertz CT molecular complexity index is 716. The van der Waals surface area contributed by atoms with Crippen LogP contribution in [0, 0.1) is 6.92 Å². The van der Waals surface area contributed by atoms with Crippen LogP contribution in [0.2, 0.25) is 0 Å². The molecule has 7 heteroatoms. The molecule has 1 aromatic carbocycles. The number of amides is 1. The van der Waals surface area contributed by atoms with E-state index in [0.29, 0.717) is 17.1 Å². The summed E-state index contributed by atoms with van der Waals surface area (Å²) in [6, 6.07) is 7.86. The minimum absolute atomic E-state index is 0.133. The Morgan fingerprint density at radius 3 is 2.55 bits per heavy atom. The predicted octanol–water partition coefficient (Wildman–Crippen LogP) is 2.10. The minimum Gasteiger partial charge on any atom is -0.507 e. The molecular weight excluding hydrogens is 288 g/mol. The van der Waals surface area contributed by atoms with Crippen molar-refractivity contribution in [2.75, 3.05) is 12.4 Å². The molecule has 7 nitrogen and oxygen atoms in total. The van der Waals surface area contributed by atoms with Crippen molar-refractivity contribution >= 4 is 23.3 Å². The van der Waals surface area contributed by atoms with Crippen molar-refractivity contribution in [1.82, 2.24) is 5.16 Å². The largest absolute Gasteiger partial charge is 0.507 e. The molecule has 0 unspecified atom stereocenters. The Balaban J connectivity index is 2.06. The summed E-state index contributed by atoms with van der Waals surface area (Å²) in [5, 5.41) is 15.7. The first-order valence-corrected chi connectivity index (χ1v) is 6.33. The minimum atomic E-state index is -0.923. The maximum absolute atomic E-state index is 11.7. The third-order valence-electron chi connectivity index (χ3n) is 2.75. The van der Waals surface area contributed by atoms with Crippen LogP contribution in [0.3, 0.4) is 0 Å². The number of anilines is 1. The molecule has 1 aromatic heterocycles. The van der Waals surface area contributed by atoms with Gasteiger partial charge in [-0.15, -0.1) is 0 Å². The van der Waals surface area contributed by atoms with Crippen molar-refractivity contribution in [2.45, 2.75) is 6.92 Å². The highest BCUT2D eigenvalue weighted by atomic mass is 16.5. The molecule has 22 heavy (non-hydrogen) atoms. The van der Waals surface area contributed by atoms with E-state index < -0.39 is 11.7 Å². The molecule has 0 aliphatic rings. The van der Waals surface area contributed by atoms with Crippen LogP contribution in [0.15, 0.2) is 40.9 Å². The van der Waals surface area contributed by atoms with Crippen LogP contribution in [-0.2, 0) is 9.59 Å². The lowest BCUT2D eigenvalue weighted by Gasteiger charge is -2.02. The molecule has 2 aromatic rings. The molecular formula is C15H14N2O5. The maximum Gasteiger partial charge on any atom is 0.297 e. The van der Waals surface area contributed by atoms with E-state index in [1.807, 2.05) is 0 Å². The second-order valence-corrected chi connectivity index (χ2v) is 4.40. The van der Waals surface area contributed by atoms with Gasteiger partial charge in [0, 0.05) is 17.7 Å². The Morgan fingerprint density at radius 2 is 2.00 bits per heavy atom. The number of ether oxygens (including phenoxy) is 1. The first-order valence-electron chi connectivity index (χ1n) is 6.33. The van der Waals surface area contributed by atoms with Gasteiger partial charge in [-0.2, -0.15) is 0 Å². The monoisotopic (exact) mass is 302 g/mol. The number of rotatable bonds is 5. The van der Waals surface area contributed by atoms with Crippen molar-refractivity contribution < 1.29 is 24.0 Å².